The van der Waals surface area contributed by atoms with E-state index in [9.17, 15) is 10.1 Å². The fourth-order valence-electron chi connectivity index (χ4n) is 2.84. The van der Waals surface area contributed by atoms with Crippen LogP contribution >= 0.6 is 0 Å². The minimum absolute atomic E-state index is 0.138. The maximum atomic E-state index is 12.3. The first-order chi connectivity index (χ1) is 9.58. The second-order valence-electron chi connectivity index (χ2n) is 5.87. The van der Waals surface area contributed by atoms with E-state index in [1.165, 1.54) is 0 Å². The van der Waals surface area contributed by atoms with Crippen LogP contribution in [0.3, 0.4) is 0 Å². The number of rotatable bonds is 3. The van der Waals surface area contributed by atoms with Gasteiger partial charge in [-0.25, -0.2) is 0 Å². The van der Waals surface area contributed by atoms with E-state index in [4.69, 9.17) is 0 Å². The van der Waals surface area contributed by atoms with E-state index in [0.29, 0.717) is 11.5 Å². The lowest BCUT2D eigenvalue weighted by atomic mass is 9.76. The summed E-state index contributed by atoms with van der Waals surface area (Å²) in [5.74, 6) is 0.564. The van der Waals surface area contributed by atoms with Gasteiger partial charge in [0.1, 0.15) is 5.54 Å². The number of nitrogens with zero attached hydrogens (tertiary/aromatic N) is 1. The van der Waals surface area contributed by atoms with Gasteiger partial charge in [0.2, 0.25) is 0 Å². The summed E-state index contributed by atoms with van der Waals surface area (Å²) in [5.41, 5.74) is 1.08. The van der Waals surface area contributed by atoms with Gasteiger partial charge in [-0.15, -0.1) is 0 Å². The largest absolute Gasteiger partial charge is 0.334 e. The summed E-state index contributed by atoms with van der Waals surface area (Å²) >= 11 is 0. The SMILES string of the molecule is CCC1CCC(C#N)(NC(=O)c2ccc(C)cc2)CC1. The van der Waals surface area contributed by atoms with E-state index < -0.39 is 5.54 Å². The van der Waals surface area contributed by atoms with Crippen molar-refractivity contribution in [2.75, 3.05) is 0 Å². The normalized spacial score (nSPS) is 25.8. The van der Waals surface area contributed by atoms with Crippen LogP contribution in [0.1, 0.15) is 54.9 Å². The highest BCUT2D eigenvalue weighted by atomic mass is 16.1. The first kappa shape index (κ1) is 14.6. The highest BCUT2D eigenvalue weighted by molar-refractivity contribution is 5.95. The minimum Gasteiger partial charge on any atom is -0.334 e. The van der Waals surface area contributed by atoms with Crippen molar-refractivity contribution in [3.8, 4) is 6.07 Å². The Hall–Kier alpha value is -1.82. The number of hydrogen-bond donors (Lipinski definition) is 1. The molecule has 1 saturated carbocycles. The first-order valence-corrected chi connectivity index (χ1v) is 7.39. The van der Waals surface area contributed by atoms with Crippen molar-refractivity contribution in [2.45, 2.75) is 51.5 Å². The average Bonchev–Trinajstić information content (AvgIpc) is 2.48. The third kappa shape index (κ3) is 3.19. The van der Waals surface area contributed by atoms with Crippen LogP contribution in [0, 0.1) is 24.2 Å². The van der Waals surface area contributed by atoms with Gasteiger partial charge in [-0.3, -0.25) is 4.79 Å². The van der Waals surface area contributed by atoms with Crippen molar-refractivity contribution in [3.05, 3.63) is 35.4 Å². The second kappa shape index (κ2) is 6.09. The van der Waals surface area contributed by atoms with Crippen LogP contribution in [-0.4, -0.2) is 11.4 Å². The van der Waals surface area contributed by atoms with Gasteiger partial charge in [-0.1, -0.05) is 31.0 Å². The Morgan fingerprint density at radius 1 is 1.35 bits per heavy atom. The molecule has 0 atom stereocenters. The fourth-order valence-corrected chi connectivity index (χ4v) is 2.84. The van der Waals surface area contributed by atoms with Crippen LogP contribution < -0.4 is 5.32 Å². The molecule has 0 heterocycles. The third-order valence-electron chi connectivity index (χ3n) is 4.42. The molecular weight excluding hydrogens is 248 g/mol. The van der Waals surface area contributed by atoms with E-state index >= 15 is 0 Å². The van der Waals surface area contributed by atoms with E-state index in [1.54, 1.807) is 0 Å². The maximum absolute atomic E-state index is 12.3. The predicted molar refractivity (Wildman–Crippen MR) is 79.2 cm³/mol. The molecule has 2 rings (SSSR count). The van der Waals surface area contributed by atoms with Gasteiger partial charge in [0, 0.05) is 5.56 Å². The molecule has 1 amide bonds. The number of aryl methyl sites for hydroxylation is 1. The summed E-state index contributed by atoms with van der Waals surface area (Å²) < 4.78 is 0. The summed E-state index contributed by atoms with van der Waals surface area (Å²) in [6.45, 7) is 4.18. The summed E-state index contributed by atoms with van der Waals surface area (Å²) in [6.07, 6.45) is 4.74. The van der Waals surface area contributed by atoms with Crippen molar-refractivity contribution in [3.63, 3.8) is 0 Å². The first-order valence-electron chi connectivity index (χ1n) is 7.39. The van der Waals surface area contributed by atoms with E-state index in [2.05, 4.69) is 18.3 Å². The van der Waals surface area contributed by atoms with Crippen LogP contribution in [-0.2, 0) is 0 Å². The van der Waals surface area contributed by atoms with Crippen molar-refractivity contribution in [2.24, 2.45) is 5.92 Å². The number of hydrogen-bond acceptors (Lipinski definition) is 2. The summed E-state index contributed by atoms with van der Waals surface area (Å²) in [6, 6.07) is 9.81. The zero-order valence-electron chi connectivity index (χ0n) is 12.3. The molecule has 3 heteroatoms. The molecular formula is C17H22N2O. The summed E-state index contributed by atoms with van der Waals surface area (Å²) in [7, 11) is 0. The lowest BCUT2D eigenvalue weighted by Crippen LogP contribution is -2.49. The zero-order valence-corrected chi connectivity index (χ0v) is 12.3. The van der Waals surface area contributed by atoms with E-state index in [-0.39, 0.29) is 5.91 Å². The number of nitrogens with one attached hydrogen (secondary N) is 1. The number of carbonyl (C=O) groups excluding carboxylic acids is 1. The number of benzene rings is 1. The summed E-state index contributed by atoms with van der Waals surface area (Å²) in [5, 5.41) is 12.4. The van der Waals surface area contributed by atoms with Gasteiger partial charge in [-0.05, 0) is 50.7 Å². The smallest absolute Gasteiger partial charge is 0.252 e. The molecule has 0 radical (unpaired) electrons. The Morgan fingerprint density at radius 2 is 1.95 bits per heavy atom. The molecule has 0 spiro atoms. The fraction of sp³-hybridized carbons (Fsp3) is 0.529. The van der Waals surface area contributed by atoms with Crippen molar-refractivity contribution in [1.29, 1.82) is 5.26 Å². The number of amides is 1. The zero-order chi connectivity index (χ0) is 14.6. The Kier molecular flexibility index (Phi) is 4.44. The molecule has 0 aliphatic heterocycles. The van der Waals surface area contributed by atoms with Gasteiger partial charge in [0.15, 0.2) is 0 Å². The van der Waals surface area contributed by atoms with Gasteiger partial charge in [0.05, 0.1) is 6.07 Å². The van der Waals surface area contributed by atoms with Gasteiger partial charge in [0.25, 0.3) is 5.91 Å². The van der Waals surface area contributed by atoms with Gasteiger partial charge >= 0.3 is 0 Å². The van der Waals surface area contributed by atoms with Crippen LogP contribution in [0.5, 0.6) is 0 Å². The van der Waals surface area contributed by atoms with Crippen LogP contribution in [0.15, 0.2) is 24.3 Å². The summed E-state index contributed by atoms with van der Waals surface area (Å²) in [4.78, 5) is 12.3. The van der Waals surface area contributed by atoms with Crippen LogP contribution in [0.25, 0.3) is 0 Å². The molecule has 1 aliphatic rings. The molecule has 0 unspecified atom stereocenters. The third-order valence-corrected chi connectivity index (χ3v) is 4.42. The Balaban J connectivity index is 2.05. The lowest BCUT2D eigenvalue weighted by Gasteiger charge is -2.35. The van der Waals surface area contributed by atoms with E-state index in [0.717, 1.165) is 37.7 Å². The molecule has 1 fully saturated rings. The van der Waals surface area contributed by atoms with E-state index in [1.807, 2.05) is 31.2 Å². The highest BCUT2D eigenvalue weighted by Crippen LogP contribution is 2.33. The molecule has 1 aliphatic carbocycles. The second-order valence-corrected chi connectivity index (χ2v) is 5.87. The maximum Gasteiger partial charge on any atom is 0.252 e. The molecule has 0 bridgehead atoms. The average molecular weight is 270 g/mol. The molecule has 3 nitrogen and oxygen atoms in total. The Morgan fingerprint density at radius 3 is 2.45 bits per heavy atom. The monoisotopic (exact) mass is 270 g/mol. The molecule has 106 valence electrons. The number of nitriles is 1. The van der Waals surface area contributed by atoms with Crippen LogP contribution in [0.2, 0.25) is 0 Å². The predicted octanol–water partition coefficient (Wildman–Crippen LogP) is 3.59. The van der Waals surface area contributed by atoms with Gasteiger partial charge in [-0.2, -0.15) is 5.26 Å². The Labute approximate surface area is 121 Å². The highest BCUT2D eigenvalue weighted by Gasteiger charge is 2.36. The van der Waals surface area contributed by atoms with Crippen molar-refractivity contribution in [1.82, 2.24) is 5.32 Å². The van der Waals surface area contributed by atoms with Gasteiger partial charge < -0.3 is 5.32 Å². The standard InChI is InChI=1S/C17H22N2O/c1-3-14-8-10-17(12-18,11-9-14)19-16(20)15-6-4-13(2)5-7-15/h4-7,14H,3,8-11H2,1-2H3,(H,19,20). The van der Waals surface area contributed by atoms with Crippen molar-refractivity contribution < 1.29 is 4.79 Å². The molecule has 1 aromatic carbocycles. The molecule has 0 saturated heterocycles. The van der Waals surface area contributed by atoms with Crippen molar-refractivity contribution >= 4 is 5.91 Å². The Bertz CT molecular complexity index is 505. The lowest BCUT2D eigenvalue weighted by molar-refractivity contribution is 0.0891. The molecule has 1 aromatic rings. The molecule has 20 heavy (non-hydrogen) atoms. The molecule has 1 N–H and O–H groups in total. The number of carbonyl (C=O) groups is 1. The quantitative estimate of drug-likeness (QED) is 0.912. The molecule has 0 aromatic heterocycles. The minimum atomic E-state index is -0.673. The topological polar surface area (TPSA) is 52.9 Å². The van der Waals surface area contributed by atoms with Crippen LogP contribution in [0.4, 0.5) is 0 Å².